The van der Waals surface area contributed by atoms with Gasteiger partial charge in [-0.1, -0.05) is 6.07 Å². The number of ether oxygens (including phenoxy) is 1. The van der Waals surface area contributed by atoms with Gasteiger partial charge >= 0.3 is 0 Å². The summed E-state index contributed by atoms with van der Waals surface area (Å²) in [5, 5.41) is 2.89. The number of benzene rings is 2. The maximum atomic E-state index is 12.4. The maximum absolute atomic E-state index is 12.4. The SMILES string of the molecule is COc1c(C)ccc(NC(=O)c2cc(N)ccc2Br)c1C. The minimum atomic E-state index is -0.219. The van der Waals surface area contributed by atoms with Crippen LogP contribution in [-0.2, 0) is 0 Å². The number of rotatable bonds is 3. The molecular weight excluding hydrogens is 332 g/mol. The molecule has 0 saturated heterocycles. The molecule has 1 amide bonds. The summed E-state index contributed by atoms with van der Waals surface area (Å²) in [6.45, 7) is 3.88. The van der Waals surface area contributed by atoms with Crippen LogP contribution in [0.1, 0.15) is 21.5 Å². The fraction of sp³-hybridized carbons (Fsp3) is 0.188. The Morgan fingerprint density at radius 2 is 1.95 bits per heavy atom. The van der Waals surface area contributed by atoms with Crippen LogP contribution in [0.25, 0.3) is 0 Å². The quantitative estimate of drug-likeness (QED) is 0.826. The molecule has 0 aliphatic heterocycles. The highest BCUT2D eigenvalue weighted by Crippen LogP contribution is 2.30. The van der Waals surface area contributed by atoms with Crippen LogP contribution in [0.5, 0.6) is 5.75 Å². The third-order valence-electron chi connectivity index (χ3n) is 3.29. The lowest BCUT2D eigenvalue weighted by Crippen LogP contribution is -2.14. The number of amides is 1. The molecule has 0 fully saturated rings. The van der Waals surface area contributed by atoms with E-state index < -0.39 is 0 Å². The second-order valence-corrected chi connectivity index (χ2v) is 5.64. The van der Waals surface area contributed by atoms with E-state index in [0.29, 0.717) is 15.7 Å². The molecule has 0 saturated carbocycles. The Kier molecular flexibility index (Phi) is 4.53. The average Bonchev–Trinajstić information content (AvgIpc) is 2.45. The summed E-state index contributed by atoms with van der Waals surface area (Å²) >= 11 is 3.36. The third-order valence-corrected chi connectivity index (χ3v) is 3.98. The van der Waals surface area contributed by atoms with E-state index in [2.05, 4.69) is 21.2 Å². The van der Waals surface area contributed by atoms with E-state index in [1.165, 1.54) is 0 Å². The van der Waals surface area contributed by atoms with Crippen molar-refractivity contribution in [3.63, 3.8) is 0 Å². The van der Waals surface area contributed by atoms with E-state index in [1.54, 1.807) is 25.3 Å². The lowest BCUT2D eigenvalue weighted by atomic mass is 10.1. The van der Waals surface area contributed by atoms with Crippen LogP contribution in [0.15, 0.2) is 34.8 Å². The standard InChI is InChI=1S/C16H17BrN2O2/c1-9-4-7-14(10(2)15(9)21-3)19-16(20)12-8-11(18)5-6-13(12)17/h4-8H,18H2,1-3H3,(H,19,20). The molecule has 0 radical (unpaired) electrons. The van der Waals surface area contributed by atoms with Crippen molar-refractivity contribution in [2.75, 3.05) is 18.2 Å². The molecule has 2 rings (SSSR count). The molecule has 0 bridgehead atoms. The zero-order valence-electron chi connectivity index (χ0n) is 12.2. The Morgan fingerprint density at radius 3 is 2.62 bits per heavy atom. The first-order valence-electron chi connectivity index (χ1n) is 6.44. The smallest absolute Gasteiger partial charge is 0.256 e. The molecule has 2 aromatic carbocycles. The number of nitrogens with two attached hydrogens (primary N) is 1. The molecule has 5 heteroatoms. The van der Waals surface area contributed by atoms with Gasteiger partial charge in [0.15, 0.2) is 0 Å². The number of halogens is 1. The lowest BCUT2D eigenvalue weighted by molar-refractivity contribution is 0.102. The summed E-state index contributed by atoms with van der Waals surface area (Å²) in [5.74, 6) is 0.558. The molecule has 21 heavy (non-hydrogen) atoms. The molecule has 0 atom stereocenters. The number of carbonyl (C=O) groups excluding carboxylic acids is 1. The van der Waals surface area contributed by atoms with Crippen molar-refractivity contribution in [1.82, 2.24) is 0 Å². The summed E-state index contributed by atoms with van der Waals surface area (Å²) in [4.78, 5) is 12.4. The predicted octanol–water partition coefficient (Wildman–Crippen LogP) is 3.91. The number of carbonyl (C=O) groups is 1. The minimum Gasteiger partial charge on any atom is -0.496 e. The van der Waals surface area contributed by atoms with Gasteiger partial charge in [-0.25, -0.2) is 0 Å². The van der Waals surface area contributed by atoms with E-state index >= 15 is 0 Å². The fourth-order valence-electron chi connectivity index (χ4n) is 2.18. The third kappa shape index (κ3) is 3.19. The van der Waals surface area contributed by atoms with Gasteiger partial charge in [0.05, 0.1) is 12.7 Å². The highest BCUT2D eigenvalue weighted by atomic mass is 79.9. The Hall–Kier alpha value is -2.01. The highest BCUT2D eigenvalue weighted by Gasteiger charge is 2.14. The summed E-state index contributed by atoms with van der Waals surface area (Å²) in [6.07, 6.45) is 0. The number of anilines is 2. The molecule has 2 aromatic rings. The van der Waals surface area contributed by atoms with Crippen LogP contribution in [0.2, 0.25) is 0 Å². The first-order valence-corrected chi connectivity index (χ1v) is 7.24. The normalized spacial score (nSPS) is 10.3. The zero-order valence-corrected chi connectivity index (χ0v) is 13.7. The first kappa shape index (κ1) is 15.4. The second-order valence-electron chi connectivity index (χ2n) is 4.78. The number of hydrogen-bond acceptors (Lipinski definition) is 3. The predicted molar refractivity (Wildman–Crippen MR) is 89.0 cm³/mol. The van der Waals surface area contributed by atoms with Gasteiger partial charge in [-0.3, -0.25) is 4.79 Å². The molecule has 110 valence electrons. The zero-order chi connectivity index (χ0) is 15.6. The monoisotopic (exact) mass is 348 g/mol. The van der Waals surface area contributed by atoms with Crippen molar-refractivity contribution in [3.05, 3.63) is 51.5 Å². The van der Waals surface area contributed by atoms with Crippen molar-refractivity contribution in [2.24, 2.45) is 0 Å². The van der Waals surface area contributed by atoms with E-state index in [1.807, 2.05) is 26.0 Å². The van der Waals surface area contributed by atoms with Gasteiger partial charge in [0.25, 0.3) is 5.91 Å². The molecule has 0 aromatic heterocycles. The summed E-state index contributed by atoms with van der Waals surface area (Å²) in [5.41, 5.74) is 9.41. The van der Waals surface area contributed by atoms with Crippen molar-refractivity contribution >= 4 is 33.2 Å². The maximum Gasteiger partial charge on any atom is 0.256 e. The summed E-state index contributed by atoms with van der Waals surface area (Å²) < 4.78 is 6.07. The van der Waals surface area contributed by atoms with Crippen LogP contribution >= 0.6 is 15.9 Å². The van der Waals surface area contributed by atoms with Crippen LogP contribution in [0.3, 0.4) is 0 Å². The minimum absolute atomic E-state index is 0.219. The number of aryl methyl sites for hydroxylation is 1. The van der Waals surface area contributed by atoms with Gasteiger partial charge in [-0.05, 0) is 59.6 Å². The molecule has 0 unspecified atom stereocenters. The van der Waals surface area contributed by atoms with Crippen molar-refractivity contribution in [3.8, 4) is 5.75 Å². The van der Waals surface area contributed by atoms with E-state index in [-0.39, 0.29) is 5.91 Å². The Balaban J connectivity index is 2.34. The van der Waals surface area contributed by atoms with E-state index in [4.69, 9.17) is 10.5 Å². The Bertz CT molecular complexity index is 699. The van der Waals surface area contributed by atoms with Crippen LogP contribution < -0.4 is 15.8 Å². The molecule has 0 aliphatic rings. The molecule has 0 spiro atoms. The first-order chi connectivity index (χ1) is 9.93. The van der Waals surface area contributed by atoms with Crippen LogP contribution in [0, 0.1) is 13.8 Å². The molecular formula is C16H17BrN2O2. The van der Waals surface area contributed by atoms with Crippen LogP contribution in [-0.4, -0.2) is 13.0 Å². The van der Waals surface area contributed by atoms with Gasteiger partial charge < -0.3 is 15.8 Å². The van der Waals surface area contributed by atoms with Gasteiger partial charge in [0.2, 0.25) is 0 Å². The van der Waals surface area contributed by atoms with Crippen molar-refractivity contribution < 1.29 is 9.53 Å². The van der Waals surface area contributed by atoms with E-state index in [0.717, 1.165) is 22.6 Å². The lowest BCUT2D eigenvalue weighted by Gasteiger charge is -2.14. The molecule has 4 nitrogen and oxygen atoms in total. The van der Waals surface area contributed by atoms with Gasteiger partial charge in [0, 0.05) is 21.4 Å². The van der Waals surface area contributed by atoms with E-state index in [9.17, 15) is 4.79 Å². The van der Waals surface area contributed by atoms with Crippen molar-refractivity contribution in [2.45, 2.75) is 13.8 Å². The van der Waals surface area contributed by atoms with Gasteiger partial charge in [-0.15, -0.1) is 0 Å². The topological polar surface area (TPSA) is 64.3 Å². The van der Waals surface area contributed by atoms with Crippen molar-refractivity contribution in [1.29, 1.82) is 0 Å². The van der Waals surface area contributed by atoms with Crippen LogP contribution in [0.4, 0.5) is 11.4 Å². The molecule has 3 N–H and O–H groups in total. The second kappa shape index (κ2) is 6.18. The van der Waals surface area contributed by atoms with Gasteiger partial charge in [0.1, 0.15) is 5.75 Å². The number of methoxy groups -OCH3 is 1. The average molecular weight is 349 g/mol. The fourth-order valence-corrected chi connectivity index (χ4v) is 2.61. The summed E-state index contributed by atoms with van der Waals surface area (Å²) in [7, 11) is 1.62. The number of nitrogens with one attached hydrogen (secondary N) is 1. The number of nitrogen functional groups attached to an aromatic ring is 1. The summed E-state index contributed by atoms with van der Waals surface area (Å²) in [6, 6.07) is 8.91. The largest absolute Gasteiger partial charge is 0.496 e. The molecule has 0 aliphatic carbocycles. The number of hydrogen-bond donors (Lipinski definition) is 2. The van der Waals surface area contributed by atoms with Gasteiger partial charge in [-0.2, -0.15) is 0 Å². The molecule has 0 heterocycles. The Morgan fingerprint density at radius 1 is 1.24 bits per heavy atom. The Labute approximate surface area is 132 Å². The highest BCUT2D eigenvalue weighted by molar-refractivity contribution is 9.10.